The van der Waals surface area contributed by atoms with E-state index >= 15 is 0 Å². The molecule has 2 N–H and O–H groups in total. The summed E-state index contributed by atoms with van der Waals surface area (Å²) >= 11 is 0. The van der Waals surface area contributed by atoms with Gasteiger partial charge in [0.15, 0.2) is 5.96 Å². The van der Waals surface area contributed by atoms with Crippen molar-refractivity contribution in [1.29, 1.82) is 0 Å². The van der Waals surface area contributed by atoms with Crippen molar-refractivity contribution in [3.05, 3.63) is 0 Å². The summed E-state index contributed by atoms with van der Waals surface area (Å²) in [7, 11) is 1.41. The quantitative estimate of drug-likeness (QED) is 0.286. The molecular formula is C16H33IN4O2. The molecule has 1 unspecified atom stereocenters. The third-order valence-electron chi connectivity index (χ3n) is 4.07. The van der Waals surface area contributed by atoms with Gasteiger partial charge in [-0.1, -0.05) is 6.92 Å². The Labute approximate surface area is 157 Å². The monoisotopic (exact) mass is 440 g/mol. The van der Waals surface area contributed by atoms with E-state index in [1.807, 2.05) is 13.8 Å². The predicted molar refractivity (Wildman–Crippen MR) is 105 cm³/mol. The Kier molecular flexibility index (Phi) is 11.6. The highest BCUT2D eigenvalue weighted by Gasteiger charge is 2.21. The number of hydrogen-bond donors (Lipinski definition) is 2. The van der Waals surface area contributed by atoms with Crippen LogP contribution in [-0.4, -0.2) is 62.2 Å². The number of guanidine groups is 1. The summed E-state index contributed by atoms with van der Waals surface area (Å²) in [6, 6.07) is 1.06. The van der Waals surface area contributed by atoms with Crippen molar-refractivity contribution < 1.29 is 9.53 Å². The normalized spacial score (nSPS) is 18.3. The average Bonchev–Trinajstić information content (AvgIpc) is 2.52. The molecule has 0 saturated carbocycles. The molecule has 23 heavy (non-hydrogen) atoms. The molecule has 1 atom stereocenters. The number of ether oxygens (including phenoxy) is 1. The van der Waals surface area contributed by atoms with E-state index in [9.17, 15) is 4.79 Å². The molecule has 1 fully saturated rings. The number of aliphatic imine (C=N–C) groups is 1. The van der Waals surface area contributed by atoms with Gasteiger partial charge in [0.25, 0.3) is 0 Å². The van der Waals surface area contributed by atoms with E-state index in [0.717, 1.165) is 38.4 Å². The van der Waals surface area contributed by atoms with Crippen LogP contribution in [0, 0.1) is 5.92 Å². The smallest absolute Gasteiger partial charge is 0.310 e. The minimum Gasteiger partial charge on any atom is -0.469 e. The predicted octanol–water partition coefficient (Wildman–Crippen LogP) is 1.84. The highest BCUT2D eigenvalue weighted by atomic mass is 127. The SMILES string of the molecule is CCNC(=NCC(C)C(=O)OC)NC1CCN(C(C)C)CC1.I. The maximum absolute atomic E-state index is 11.4. The van der Waals surface area contributed by atoms with Crippen LogP contribution in [0.1, 0.15) is 40.5 Å². The first kappa shape index (κ1) is 22.4. The van der Waals surface area contributed by atoms with Crippen molar-refractivity contribution in [2.75, 3.05) is 33.3 Å². The summed E-state index contributed by atoms with van der Waals surface area (Å²) in [4.78, 5) is 18.4. The van der Waals surface area contributed by atoms with Crippen LogP contribution in [0.4, 0.5) is 0 Å². The molecule has 0 bridgehead atoms. The zero-order chi connectivity index (χ0) is 16.5. The van der Waals surface area contributed by atoms with Gasteiger partial charge in [-0.05, 0) is 33.6 Å². The Morgan fingerprint density at radius 1 is 1.30 bits per heavy atom. The van der Waals surface area contributed by atoms with Gasteiger partial charge < -0.3 is 20.3 Å². The number of nitrogens with one attached hydrogen (secondary N) is 2. The van der Waals surface area contributed by atoms with Crippen LogP contribution in [0.15, 0.2) is 4.99 Å². The average molecular weight is 440 g/mol. The van der Waals surface area contributed by atoms with Crippen LogP contribution in [0.2, 0.25) is 0 Å². The highest BCUT2D eigenvalue weighted by Crippen LogP contribution is 2.12. The zero-order valence-corrected chi connectivity index (χ0v) is 17.4. The van der Waals surface area contributed by atoms with Gasteiger partial charge in [0.2, 0.25) is 0 Å². The van der Waals surface area contributed by atoms with Crippen LogP contribution in [0.3, 0.4) is 0 Å². The van der Waals surface area contributed by atoms with Crippen molar-refractivity contribution in [3.63, 3.8) is 0 Å². The molecule has 1 heterocycles. The van der Waals surface area contributed by atoms with Gasteiger partial charge in [0.1, 0.15) is 0 Å². The van der Waals surface area contributed by atoms with E-state index in [2.05, 4.69) is 34.4 Å². The fourth-order valence-electron chi connectivity index (χ4n) is 2.58. The minimum atomic E-state index is -0.219. The second kappa shape index (κ2) is 11.9. The van der Waals surface area contributed by atoms with Crippen LogP contribution in [0.25, 0.3) is 0 Å². The largest absolute Gasteiger partial charge is 0.469 e. The first-order chi connectivity index (χ1) is 10.5. The summed E-state index contributed by atoms with van der Waals surface area (Å²) in [5, 5.41) is 6.74. The Hall–Kier alpha value is -0.570. The number of hydrogen-bond acceptors (Lipinski definition) is 4. The molecule has 0 aromatic carbocycles. The summed E-state index contributed by atoms with van der Waals surface area (Å²) in [5.74, 6) is 0.356. The van der Waals surface area contributed by atoms with Crippen molar-refractivity contribution in [3.8, 4) is 0 Å². The molecule has 1 saturated heterocycles. The maximum atomic E-state index is 11.4. The Morgan fingerprint density at radius 2 is 1.91 bits per heavy atom. The molecule has 0 amide bonds. The Bertz CT molecular complexity index is 369. The van der Waals surface area contributed by atoms with E-state index in [0.29, 0.717) is 18.6 Å². The van der Waals surface area contributed by atoms with Crippen molar-refractivity contribution >= 4 is 35.9 Å². The topological polar surface area (TPSA) is 66.0 Å². The van der Waals surface area contributed by atoms with Gasteiger partial charge in [0.05, 0.1) is 19.6 Å². The molecule has 0 aliphatic carbocycles. The second-order valence-electron chi connectivity index (χ2n) is 6.19. The number of carbonyl (C=O) groups is 1. The van der Waals surface area contributed by atoms with Crippen LogP contribution < -0.4 is 10.6 Å². The van der Waals surface area contributed by atoms with Gasteiger partial charge >= 0.3 is 5.97 Å². The molecule has 136 valence electrons. The lowest BCUT2D eigenvalue weighted by Gasteiger charge is -2.35. The number of methoxy groups -OCH3 is 1. The molecule has 1 rings (SSSR count). The summed E-state index contributed by atoms with van der Waals surface area (Å²) < 4.78 is 4.73. The molecule has 1 aliphatic heterocycles. The molecule has 0 spiro atoms. The molecule has 0 aromatic heterocycles. The number of likely N-dealkylation sites (tertiary alicyclic amines) is 1. The first-order valence-electron chi connectivity index (χ1n) is 8.34. The van der Waals surface area contributed by atoms with E-state index in [4.69, 9.17) is 4.74 Å². The van der Waals surface area contributed by atoms with Gasteiger partial charge in [0, 0.05) is 31.7 Å². The van der Waals surface area contributed by atoms with Crippen LogP contribution in [-0.2, 0) is 9.53 Å². The number of carbonyl (C=O) groups excluding carboxylic acids is 1. The summed E-state index contributed by atoms with van der Waals surface area (Å²) in [5.41, 5.74) is 0. The summed E-state index contributed by atoms with van der Waals surface area (Å²) in [6.45, 7) is 11.8. The second-order valence-corrected chi connectivity index (χ2v) is 6.19. The van der Waals surface area contributed by atoms with E-state index < -0.39 is 0 Å². The van der Waals surface area contributed by atoms with Crippen molar-refractivity contribution in [2.24, 2.45) is 10.9 Å². The molecule has 0 radical (unpaired) electrons. The van der Waals surface area contributed by atoms with Gasteiger partial charge in [-0.2, -0.15) is 0 Å². The fraction of sp³-hybridized carbons (Fsp3) is 0.875. The lowest BCUT2D eigenvalue weighted by atomic mass is 10.0. The standard InChI is InChI=1S/C16H32N4O2.HI/c1-6-17-16(18-11-13(4)15(21)22-5)19-14-7-9-20(10-8-14)12(2)3;/h12-14H,6-11H2,1-5H3,(H2,17,18,19);1H. The zero-order valence-electron chi connectivity index (χ0n) is 15.1. The van der Waals surface area contributed by atoms with Gasteiger partial charge in [-0.15, -0.1) is 24.0 Å². The van der Waals surface area contributed by atoms with Crippen molar-refractivity contribution in [1.82, 2.24) is 15.5 Å². The molecule has 0 aromatic rings. The van der Waals surface area contributed by atoms with E-state index in [1.165, 1.54) is 7.11 Å². The van der Waals surface area contributed by atoms with E-state index in [1.54, 1.807) is 0 Å². The number of halogens is 1. The first-order valence-corrected chi connectivity index (χ1v) is 8.34. The number of piperidine rings is 1. The third-order valence-corrected chi connectivity index (χ3v) is 4.07. The summed E-state index contributed by atoms with van der Waals surface area (Å²) in [6.07, 6.45) is 2.24. The van der Waals surface area contributed by atoms with Crippen LogP contribution in [0.5, 0.6) is 0 Å². The van der Waals surface area contributed by atoms with Gasteiger partial charge in [-0.25, -0.2) is 0 Å². The molecular weight excluding hydrogens is 407 g/mol. The lowest BCUT2D eigenvalue weighted by molar-refractivity contribution is -0.144. The fourth-order valence-corrected chi connectivity index (χ4v) is 2.58. The Balaban J connectivity index is 0.00000484. The van der Waals surface area contributed by atoms with Gasteiger partial charge in [-0.3, -0.25) is 9.79 Å². The molecule has 1 aliphatic rings. The number of rotatable bonds is 6. The number of esters is 1. The Morgan fingerprint density at radius 3 is 2.39 bits per heavy atom. The van der Waals surface area contributed by atoms with E-state index in [-0.39, 0.29) is 35.9 Å². The number of nitrogens with zero attached hydrogens (tertiary/aromatic N) is 2. The van der Waals surface area contributed by atoms with Crippen LogP contribution >= 0.6 is 24.0 Å². The highest BCUT2D eigenvalue weighted by molar-refractivity contribution is 14.0. The lowest BCUT2D eigenvalue weighted by Crippen LogP contribution is -2.50. The maximum Gasteiger partial charge on any atom is 0.310 e. The minimum absolute atomic E-state index is 0. The third kappa shape index (κ3) is 8.19. The molecule has 6 nitrogen and oxygen atoms in total. The van der Waals surface area contributed by atoms with Crippen molar-refractivity contribution in [2.45, 2.75) is 52.6 Å². The molecule has 7 heteroatoms.